The van der Waals surface area contributed by atoms with Crippen molar-refractivity contribution >= 4 is 17.8 Å². The van der Waals surface area contributed by atoms with Gasteiger partial charge in [0.25, 0.3) is 0 Å². The van der Waals surface area contributed by atoms with Crippen LogP contribution in [0.5, 0.6) is 0 Å². The van der Waals surface area contributed by atoms with E-state index in [4.69, 9.17) is 4.74 Å². The van der Waals surface area contributed by atoms with E-state index in [1.165, 1.54) is 19.3 Å². The molecule has 0 aromatic rings. The monoisotopic (exact) mass is 217 g/mol. The minimum absolute atomic E-state index is 0.117. The minimum atomic E-state index is -1.18. The molecule has 0 radical (unpaired) electrons. The Labute approximate surface area is 85.4 Å². The van der Waals surface area contributed by atoms with E-state index < -0.39 is 8.24 Å². The summed E-state index contributed by atoms with van der Waals surface area (Å²) in [5.41, 5.74) is 0. The highest BCUT2D eigenvalue weighted by atomic mass is 28.3. The van der Waals surface area contributed by atoms with Gasteiger partial charge in [-0.25, -0.2) is 0 Å². The summed E-state index contributed by atoms with van der Waals surface area (Å²) in [5.74, 6) is 0. The summed E-state index contributed by atoms with van der Waals surface area (Å²) >= 11 is 0. The van der Waals surface area contributed by atoms with E-state index in [0.29, 0.717) is 0 Å². The van der Waals surface area contributed by atoms with E-state index in [-0.39, 0.29) is 14.9 Å². The van der Waals surface area contributed by atoms with Crippen molar-refractivity contribution in [1.29, 1.82) is 0 Å². The predicted molar refractivity (Wildman–Crippen MR) is 63.4 cm³/mol. The van der Waals surface area contributed by atoms with E-state index in [2.05, 4.69) is 31.2 Å². The van der Waals surface area contributed by atoms with E-state index in [1.807, 2.05) is 0 Å². The van der Waals surface area contributed by atoms with Gasteiger partial charge >= 0.3 is 0 Å². The molecule has 78 valence electrons. The first-order chi connectivity index (χ1) is 5.97. The average Bonchev–Trinajstić information content (AvgIpc) is 2.03. The molecule has 4 heteroatoms. The zero-order chi connectivity index (χ0) is 9.95. The molecular formula is C9H23NOSi2. The van der Waals surface area contributed by atoms with Crippen LogP contribution in [-0.4, -0.2) is 29.7 Å². The number of hydrogen-bond acceptors (Lipinski definition) is 2. The van der Waals surface area contributed by atoms with Crippen LogP contribution in [0.4, 0.5) is 0 Å². The molecule has 1 aliphatic rings. The summed E-state index contributed by atoms with van der Waals surface area (Å²) in [6, 6.07) is 0. The van der Waals surface area contributed by atoms with Crippen molar-refractivity contribution in [3.8, 4) is 0 Å². The molecule has 1 atom stereocenters. The lowest BCUT2D eigenvalue weighted by atomic mass is 10.2. The van der Waals surface area contributed by atoms with Crippen LogP contribution in [0.2, 0.25) is 26.2 Å². The first-order valence-electron chi connectivity index (χ1n) is 5.41. The summed E-state index contributed by atoms with van der Waals surface area (Å²) in [5, 5.41) is 0.155. The lowest BCUT2D eigenvalue weighted by Gasteiger charge is -2.42. The Morgan fingerprint density at radius 3 is 2.38 bits per heavy atom. The Hall–Kier alpha value is 0.354. The Bertz CT molecular complexity index is 161. The van der Waals surface area contributed by atoms with Crippen LogP contribution >= 0.6 is 0 Å². The van der Waals surface area contributed by atoms with E-state index in [9.17, 15) is 0 Å². The first kappa shape index (κ1) is 11.4. The van der Waals surface area contributed by atoms with Crippen LogP contribution in [0.3, 0.4) is 0 Å². The van der Waals surface area contributed by atoms with Gasteiger partial charge in [0.15, 0.2) is 0 Å². The first-order valence-corrected chi connectivity index (χ1v) is 11.0. The molecule has 1 saturated heterocycles. The summed E-state index contributed by atoms with van der Waals surface area (Å²) in [4.78, 5) is 3.80. The van der Waals surface area contributed by atoms with E-state index >= 15 is 0 Å². The zero-order valence-electron chi connectivity index (χ0n) is 9.44. The van der Waals surface area contributed by atoms with Gasteiger partial charge in [-0.3, -0.25) is 0 Å². The zero-order valence-corrected chi connectivity index (χ0v) is 11.9. The van der Waals surface area contributed by atoms with Crippen molar-refractivity contribution in [3.05, 3.63) is 0 Å². The molecule has 1 N–H and O–H groups in total. The molecule has 13 heavy (non-hydrogen) atoms. The Kier molecular flexibility index (Phi) is 3.74. The molecule has 0 spiro atoms. The highest BCUT2D eigenvalue weighted by Crippen LogP contribution is 2.23. The number of rotatable bonds is 3. The van der Waals surface area contributed by atoms with Crippen LogP contribution in [0.1, 0.15) is 19.3 Å². The van der Waals surface area contributed by atoms with Gasteiger partial charge in [0.05, 0.1) is 14.9 Å². The summed E-state index contributed by atoms with van der Waals surface area (Å²) in [6.45, 7) is 10.4. The minimum Gasteiger partial charge on any atom is -0.365 e. The summed E-state index contributed by atoms with van der Waals surface area (Å²) in [6.07, 6.45) is 3.85. The van der Waals surface area contributed by atoms with Crippen molar-refractivity contribution in [2.75, 3.05) is 6.61 Å². The third-order valence-corrected chi connectivity index (χ3v) is 5.96. The topological polar surface area (TPSA) is 21.3 Å². The molecule has 0 aromatic carbocycles. The number of ether oxygens (including phenoxy) is 1. The standard InChI is InChI=1S/C9H23NOSi2/c1-12-9(10-13(2,3)4)7-5-6-8-11-9/h10H,5-8,12H2,1-4H3. The fraction of sp³-hybridized carbons (Fsp3) is 1.00. The van der Waals surface area contributed by atoms with Crippen LogP contribution < -0.4 is 4.98 Å². The Morgan fingerprint density at radius 1 is 1.31 bits per heavy atom. The summed E-state index contributed by atoms with van der Waals surface area (Å²) in [7, 11) is -1.30. The normalized spacial score (nSPS) is 31.4. The van der Waals surface area contributed by atoms with Gasteiger partial charge in [-0.15, -0.1) is 0 Å². The maximum Gasteiger partial charge on any atom is 0.118 e. The van der Waals surface area contributed by atoms with Gasteiger partial charge < -0.3 is 9.72 Å². The van der Waals surface area contributed by atoms with Crippen molar-refractivity contribution in [2.45, 2.75) is 50.8 Å². The van der Waals surface area contributed by atoms with Crippen molar-refractivity contribution in [1.82, 2.24) is 4.98 Å². The van der Waals surface area contributed by atoms with Crippen LogP contribution in [0.15, 0.2) is 0 Å². The quantitative estimate of drug-likeness (QED) is 0.723. The second-order valence-corrected chi connectivity index (χ2v) is 11.6. The van der Waals surface area contributed by atoms with Crippen molar-refractivity contribution in [2.24, 2.45) is 0 Å². The second-order valence-electron chi connectivity index (χ2n) is 5.03. The fourth-order valence-electron chi connectivity index (χ4n) is 2.00. The largest absolute Gasteiger partial charge is 0.365 e. The van der Waals surface area contributed by atoms with Gasteiger partial charge in [-0.1, -0.05) is 26.2 Å². The third-order valence-electron chi connectivity index (χ3n) is 2.53. The molecule has 1 fully saturated rings. The molecule has 0 aliphatic carbocycles. The number of nitrogens with one attached hydrogen (secondary N) is 1. The molecule has 0 aromatic heterocycles. The molecule has 0 saturated carbocycles. The molecule has 1 aliphatic heterocycles. The van der Waals surface area contributed by atoms with Gasteiger partial charge in [-0.2, -0.15) is 0 Å². The molecule has 1 unspecified atom stereocenters. The van der Waals surface area contributed by atoms with Crippen LogP contribution in [0, 0.1) is 0 Å². The molecule has 0 bridgehead atoms. The Balaban J connectivity index is 2.57. The van der Waals surface area contributed by atoms with Crippen LogP contribution in [-0.2, 0) is 4.74 Å². The third kappa shape index (κ3) is 3.54. The molecule has 2 nitrogen and oxygen atoms in total. The highest BCUT2D eigenvalue weighted by Gasteiger charge is 2.34. The van der Waals surface area contributed by atoms with Crippen molar-refractivity contribution in [3.63, 3.8) is 0 Å². The van der Waals surface area contributed by atoms with Gasteiger partial charge in [-0.05, 0) is 19.3 Å². The maximum atomic E-state index is 5.98. The lowest BCUT2D eigenvalue weighted by Crippen LogP contribution is -2.62. The van der Waals surface area contributed by atoms with Gasteiger partial charge in [0.2, 0.25) is 0 Å². The second kappa shape index (κ2) is 4.25. The summed E-state index contributed by atoms with van der Waals surface area (Å²) < 4.78 is 5.98. The average molecular weight is 217 g/mol. The fourth-order valence-corrected chi connectivity index (χ4v) is 6.82. The van der Waals surface area contributed by atoms with Gasteiger partial charge in [0, 0.05) is 6.61 Å². The smallest absolute Gasteiger partial charge is 0.118 e. The highest BCUT2D eigenvalue weighted by molar-refractivity contribution is 6.74. The van der Waals surface area contributed by atoms with Gasteiger partial charge in [0.1, 0.15) is 8.24 Å². The molecule has 0 amide bonds. The number of hydrogen-bond donors (Lipinski definition) is 1. The Morgan fingerprint density at radius 2 is 2.00 bits per heavy atom. The van der Waals surface area contributed by atoms with Crippen molar-refractivity contribution < 1.29 is 4.74 Å². The molecule has 1 rings (SSSR count). The molecular weight excluding hydrogens is 194 g/mol. The maximum absolute atomic E-state index is 5.98. The lowest BCUT2D eigenvalue weighted by molar-refractivity contribution is -0.0291. The SMILES string of the molecule is C[SiH2]C1(N[Si](C)(C)C)CCCCO1. The van der Waals surface area contributed by atoms with E-state index in [1.54, 1.807) is 0 Å². The predicted octanol–water partition coefficient (Wildman–Crippen LogP) is 1.48. The van der Waals surface area contributed by atoms with E-state index in [0.717, 1.165) is 6.61 Å². The molecule has 1 heterocycles. The van der Waals surface area contributed by atoms with Crippen LogP contribution in [0.25, 0.3) is 0 Å².